The SMILES string of the molecule is CCOP(=O)(OCC)C(N(O[C@@H]1CCCCC12COC(=O)[C@@H]2C)C(C)(C)C)C(C)(C)C. The van der Waals surface area contributed by atoms with Crippen LogP contribution in [-0.4, -0.2) is 48.3 Å². The summed E-state index contributed by atoms with van der Waals surface area (Å²) in [5.74, 6) is -0.995. The van der Waals surface area contributed by atoms with Crippen molar-refractivity contribution in [3.8, 4) is 0 Å². The van der Waals surface area contributed by atoms with Crippen LogP contribution in [-0.2, 0) is 28.0 Å². The summed E-state index contributed by atoms with van der Waals surface area (Å²) in [6.07, 6.45) is 3.59. The molecule has 2 aliphatic rings. The van der Waals surface area contributed by atoms with Crippen LogP contribution in [0.2, 0.25) is 0 Å². The molecule has 2 rings (SSSR count). The number of ether oxygens (including phenoxy) is 1. The fraction of sp³-hybridized carbons (Fsp3) is 0.957. The number of hydrogen-bond acceptors (Lipinski definition) is 7. The van der Waals surface area contributed by atoms with Gasteiger partial charge in [0.2, 0.25) is 0 Å². The Kier molecular flexibility index (Phi) is 8.47. The number of cyclic esters (lactones) is 1. The highest BCUT2D eigenvalue weighted by Gasteiger charge is 2.58. The quantitative estimate of drug-likeness (QED) is 0.258. The Bertz CT molecular complexity index is 660. The molecule has 1 heterocycles. The van der Waals surface area contributed by atoms with E-state index in [0.717, 1.165) is 25.7 Å². The van der Waals surface area contributed by atoms with Gasteiger partial charge in [-0.15, -0.1) is 0 Å². The van der Waals surface area contributed by atoms with E-state index in [9.17, 15) is 9.36 Å². The van der Waals surface area contributed by atoms with Gasteiger partial charge >= 0.3 is 13.6 Å². The van der Waals surface area contributed by atoms with Crippen LogP contribution in [0.4, 0.5) is 0 Å². The zero-order valence-corrected chi connectivity index (χ0v) is 21.9. The fourth-order valence-electron chi connectivity index (χ4n) is 4.95. The minimum absolute atomic E-state index is 0.153. The first-order chi connectivity index (χ1) is 14.2. The second kappa shape index (κ2) is 9.80. The largest absolute Gasteiger partial charge is 0.465 e. The van der Waals surface area contributed by atoms with Gasteiger partial charge in [-0.2, -0.15) is 5.06 Å². The van der Waals surface area contributed by atoms with E-state index in [1.807, 2.05) is 67.4 Å². The van der Waals surface area contributed by atoms with Crippen molar-refractivity contribution in [1.82, 2.24) is 5.06 Å². The molecule has 0 aromatic rings. The van der Waals surface area contributed by atoms with Crippen LogP contribution in [0.1, 0.15) is 88.0 Å². The molecular weight excluding hydrogens is 417 g/mol. The first-order valence-corrected chi connectivity index (χ1v) is 13.4. The van der Waals surface area contributed by atoms with E-state index >= 15 is 0 Å². The van der Waals surface area contributed by atoms with Gasteiger partial charge in [-0.1, -0.05) is 40.5 Å². The van der Waals surface area contributed by atoms with Gasteiger partial charge in [0, 0.05) is 11.0 Å². The molecule has 0 aromatic heterocycles. The van der Waals surface area contributed by atoms with Gasteiger partial charge in [-0.05, 0) is 52.9 Å². The molecule has 182 valence electrons. The Hall–Kier alpha value is -0.460. The lowest BCUT2D eigenvalue weighted by molar-refractivity contribution is -0.296. The third-order valence-corrected chi connectivity index (χ3v) is 9.33. The van der Waals surface area contributed by atoms with Crippen molar-refractivity contribution < 1.29 is 28.0 Å². The summed E-state index contributed by atoms with van der Waals surface area (Å²) in [7, 11) is -3.54. The van der Waals surface area contributed by atoms with Gasteiger partial charge in [0.1, 0.15) is 12.4 Å². The Labute approximate surface area is 189 Å². The molecule has 31 heavy (non-hydrogen) atoms. The molecule has 1 saturated heterocycles. The summed E-state index contributed by atoms with van der Waals surface area (Å²) in [5.41, 5.74) is -1.29. The van der Waals surface area contributed by atoms with Crippen LogP contribution in [0, 0.1) is 16.7 Å². The van der Waals surface area contributed by atoms with Crippen LogP contribution < -0.4 is 0 Å². The van der Waals surface area contributed by atoms with Crippen molar-refractivity contribution in [2.75, 3.05) is 19.8 Å². The highest BCUT2D eigenvalue weighted by molar-refractivity contribution is 7.54. The Morgan fingerprint density at radius 1 is 1.13 bits per heavy atom. The van der Waals surface area contributed by atoms with Gasteiger partial charge in [0.25, 0.3) is 0 Å². The molecule has 4 atom stereocenters. The predicted octanol–water partition coefficient (Wildman–Crippen LogP) is 5.78. The molecule has 1 aliphatic heterocycles. The van der Waals surface area contributed by atoms with E-state index in [-0.39, 0.29) is 36.6 Å². The third-order valence-electron chi connectivity index (χ3n) is 6.52. The van der Waals surface area contributed by atoms with Crippen LogP contribution >= 0.6 is 7.60 Å². The molecular formula is C23H44NO6P. The summed E-state index contributed by atoms with van der Waals surface area (Å²) >= 11 is 0. The molecule has 0 N–H and O–H groups in total. The summed E-state index contributed by atoms with van der Waals surface area (Å²) in [4.78, 5) is 19.1. The Morgan fingerprint density at radius 3 is 2.13 bits per heavy atom. The van der Waals surface area contributed by atoms with Crippen molar-refractivity contribution in [2.24, 2.45) is 16.7 Å². The van der Waals surface area contributed by atoms with Crippen molar-refractivity contribution in [3.63, 3.8) is 0 Å². The number of hydroxylamine groups is 2. The van der Waals surface area contributed by atoms with Crippen LogP contribution in [0.5, 0.6) is 0 Å². The number of esters is 1. The minimum Gasteiger partial charge on any atom is -0.465 e. The van der Waals surface area contributed by atoms with Gasteiger partial charge in [0.05, 0.1) is 25.2 Å². The number of carbonyl (C=O) groups excluding carboxylic acids is 1. The number of hydrogen-bond donors (Lipinski definition) is 0. The second-order valence-electron chi connectivity index (χ2n) is 11.0. The number of rotatable bonds is 8. The average Bonchev–Trinajstić information content (AvgIpc) is 2.90. The summed E-state index contributed by atoms with van der Waals surface area (Å²) in [5, 5.41) is 1.85. The van der Waals surface area contributed by atoms with E-state index < -0.39 is 24.3 Å². The molecule has 7 nitrogen and oxygen atoms in total. The van der Waals surface area contributed by atoms with E-state index in [1.165, 1.54) is 0 Å². The van der Waals surface area contributed by atoms with E-state index in [4.69, 9.17) is 18.6 Å². The Balaban J connectivity index is 2.52. The predicted molar refractivity (Wildman–Crippen MR) is 122 cm³/mol. The topological polar surface area (TPSA) is 74.3 Å². The fourth-order valence-corrected chi connectivity index (χ4v) is 7.64. The maximum Gasteiger partial charge on any atom is 0.350 e. The van der Waals surface area contributed by atoms with Gasteiger partial charge in [-0.3, -0.25) is 14.2 Å². The molecule has 0 aromatic carbocycles. The zero-order chi connectivity index (χ0) is 23.7. The minimum atomic E-state index is -3.54. The van der Waals surface area contributed by atoms with E-state index in [0.29, 0.717) is 6.61 Å². The van der Waals surface area contributed by atoms with Crippen LogP contribution in [0.25, 0.3) is 0 Å². The molecule has 2 unspecified atom stereocenters. The second-order valence-corrected chi connectivity index (χ2v) is 13.1. The first kappa shape index (κ1) is 26.8. The molecule has 1 spiro atoms. The van der Waals surface area contributed by atoms with Crippen molar-refractivity contribution in [3.05, 3.63) is 0 Å². The standard InChI is InChI=1S/C23H44NO6P/c1-10-28-31(26,29-11-2)20(21(4,5)6)24(22(7,8)9)30-18-14-12-13-15-23(18)16-27-19(25)17(23)3/h17-18,20H,10-16H2,1-9H3/t17-,18+,20?,23?/m0/s1. The zero-order valence-electron chi connectivity index (χ0n) is 21.0. The summed E-state index contributed by atoms with van der Waals surface area (Å²) < 4.78 is 31.2. The lowest BCUT2D eigenvalue weighted by Gasteiger charge is -2.51. The normalized spacial score (nSPS) is 28.9. The molecule has 1 aliphatic carbocycles. The van der Waals surface area contributed by atoms with Gasteiger partial charge in [-0.25, -0.2) is 0 Å². The van der Waals surface area contributed by atoms with Crippen molar-refractivity contribution in [1.29, 1.82) is 0 Å². The number of carbonyl (C=O) groups is 1. The lowest BCUT2D eigenvalue weighted by Crippen LogP contribution is -2.57. The molecule has 1 saturated carbocycles. The first-order valence-electron chi connectivity index (χ1n) is 11.7. The van der Waals surface area contributed by atoms with Crippen LogP contribution in [0.15, 0.2) is 0 Å². The van der Waals surface area contributed by atoms with Gasteiger partial charge < -0.3 is 13.8 Å². The Morgan fingerprint density at radius 2 is 1.71 bits per heavy atom. The van der Waals surface area contributed by atoms with Crippen LogP contribution in [0.3, 0.4) is 0 Å². The monoisotopic (exact) mass is 461 g/mol. The highest BCUT2D eigenvalue weighted by Crippen LogP contribution is 2.61. The number of nitrogens with zero attached hydrogens (tertiary/aromatic N) is 1. The summed E-state index contributed by atoms with van der Waals surface area (Å²) in [6, 6.07) is 0. The molecule has 8 heteroatoms. The van der Waals surface area contributed by atoms with E-state index in [2.05, 4.69) is 0 Å². The van der Waals surface area contributed by atoms with Gasteiger partial charge in [0.15, 0.2) is 0 Å². The molecule has 2 fully saturated rings. The third kappa shape index (κ3) is 5.55. The highest BCUT2D eigenvalue weighted by atomic mass is 31.2. The maximum atomic E-state index is 14.1. The molecule has 0 radical (unpaired) electrons. The van der Waals surface area contributed by atoms with E-state index in [1.54, 1.807) is 0 Å². The smallest absolute Gasteiger partial charge is 0.350 e. The molecule has 0 amide bonds. The average molecular weight is 462 g/mol. The van der Waals surface area contributed by atoms with Crippen molar-refractivity contribution >= 4 is 13.6 Å². The molecule has 0 bridgehead atoms. The van der Waals surface area contributed by atoms with Crippen molar-refractivity contribution in [2.45, 2.75) is 105 Å². The maximum absolute atomic E-state index is 14.1. The summed E-state index contributed by atoms with van der Waals surface area (Å²) in [6.45, 7) is 18.8. The lowest BCUT2D eigenvalue weighted by atomic mass is 9.66.